The molecule has 1 amide bonds. The van der Waals surface area contributed by atoms with E-state index in [-0.39, 0.29) is 11.7 Å². The Hall–Kier alpha value is -3.84. The number of imidazole rings is 1. The summed E-state index contributed by atoms with van der Waals surface area (Å²) in [5.41, 5.74) is 3.01. The minimum atomic E-state index is -0.322. The van der Waals surface area contributed by atoms with Gasteiger partial charge in [0.1, 0.15) is 17.3 Å². The topological polar surface area (TPSA) is 59.3 Å². The second-order valence-corrected chi connectivity index (χ2v) is 7.49. The molecule has 3 aromatic heterocycles. The minimum absolute atomic E-state index is 0.292. The van der Waals surface area contributed by atoms with Gasteiger partial charge in [0.25, 0.3) is 0 Å². The molecule has 5 aromatic rings. The van der Waals surface area contributed by atoms with Gasteiger partial charge in [0.05, 0.1) is 5.52 Å². The number of carbonyl (C=O) groups is 1. The Kier molecular flexibility index (Phi) is 4.57. The van der Waals surface area contributed by atoms with Crippen LogP contribution in [0.5, 0.6) is 0 Å². The lowest BCUT2D eigenvalue weighted by Crippen LogP contribution is -2.10. The molecule has 1 N–H and O–H groups in total. The highest BCUT2D eigenvalue weighted by Crippen LogP contribution is 2.31. The van der Waals surface area contributed by atoms with E-state index in [2.05, 4.69) is 15.3 Å². The van der Waals surface area contributed by atoms with Crippen molar-refractivity contribution in [2.45, 2.75) is 0 Å². The monoisotopic (exact) mass is 414 g/mol. The van der Waals surface area contributed by atoms with Crippen molar-refractivity contribution in [2.24, 2.45) is 0 Å². The molecule has 0 fully saturated rings. The fourth-order valence-corrected chi connectivity index (χ4v) is 4.01. The summed E-state index contributed by atoms with van der Waals surface area (Å²) in [5, 5.41) is 5.82. The lowest BCUT2D eigenvalue weighted by Gasteiger charge is -2.05. The second kappa shape index (κ2) is 7.53. The van der Waals surface area contributed by atoms with E-state index in [1.165, 1.54) is 29.5 Å². The summed E-state index contributed by atoms with van der Waals surface area (Å²) in [7, 11) is 0. The van der Waals surface area contributed by atoms with Gasteiger partial charge >= 0.3 is 0 Å². The summed E-state index contributed by atoms with van der Waals surface area (Å²) in [5.74, 6) is -0.0696. The summed E-state index contributed by atoms with van der Waals surface area (Å²) < 4.78 is 15.1. The number of thiazole rings is 1. The van der Waals surface area contributed by atoms with Gasteiger partial charge in [0.15, 0.2) is 4.96 Å². The molecular weight excluding hydrogens is 399 g/mol. The number of rotatable bonds is 4. The molecule has 5 nitrogen and oxygen atoms in total. The zero-order valence-corrected chi connectivity index (χ0v) is 16.4. The van der Waals surface area contributed by atoms with Crippen molar-refractivity contribution in [1.29, 1.82) is 0 Å². The van der Waals surface area contributed by atoms with E-state index in [1.807, 2.05) is 46.3 Å². The van der Waals surface area contributed by atoms with Crippen LogP contribution in [0.2, 0.25) is 0 Å². The number of anilines is 1. The van der Waals surface area contributed by atoms with E-state index in [4.69, 9.17) is 0 Å². The van der Waals surface area contributed by atoms with Gasteiger partial charge in [-0.2, -0.15) is 0 Å². The van der Waals surface area contributed by atoms with Gasteiger partial charge in [-0.15, -0.1) is 11.3 Å². The van der Waals surface area contributed by atoms with Crippen LogP contribution < -0.4 is 5.32 Å². The van der Waals surface area contributed by atoms with Crippen molar-refractivity contribution in [3.05, 3.63) is 89.8 Å². The highest BCUT2D eigenvalue weighted by Gasteiger charge is 2.16. The SMILES string of the molecule is O=C(/C=C/c1cccc2cccnc12)Nc1c(-c2ccc(F)cc2)nc2sccn12. The number of nitrogens with zero attached hydrogens (tertiary/aromatic N) is 3. The number of halogens is 1. The van der Waals surface area contributed by atoms with Gasteiger partial charge in [-0.3, -0.25) is 14.2 Å². The molecule has 0 spiro atoms. The van der Waals surface area contributed by atoms with E-state index >= 15 is 0 Å². The molecule has 0 atom stereocenters. The third-order valence-electron chi connectivity index (χ3n) is 4.70. The van der Waals surface area contributed by atoms with Crippen LogP contribution in [-0.2, 0) is 4.79 Å². The number of carbonyl (C=O) groups excluding carboxylic acids is 1. The molecule has 7 heteroatoms. The average Bonchev–Trinajstić information content (AvgIpc) is 3.35. The fraction of sp³-hybridized carbons (Fsp3) is 0. The summed E-state index contributed by atoms with van der Waals surface area (Å²) in [6, 6.07) is 15.7. The number of fused-ring (bicyclic) bond motifs is 2. The van der Waals surface area contributed by atoms with E-state index in [0.29, 0.717) is 11.5 Å². The van der Waals surface area contributed by atoms with Crippen LogP contribution in [0.15, 0.2) is 78.4 Å². The number of hydrogen-bond donors (Lipinski definition) is 1. The quantitative estimate of drug-likeness (QED) is 0.401. The molecule has 3 heterocycles. The molecule has 30 heavy (non-hydrogen) atoms. The second-order valence-electron chi connectivity index (χ2n) is 6.62. The molecule has 0 saturated carbocycles. The lowest BCUT2D eigenvalue weighted by atomic mass is 10.1. The first-order valence-corrected chi connectivity index (χ1v) is 10.1. The number of pyridine rings is 1. The average molecular weight is 414 g/mol. The normalized spacial score (nSPS) is 11.5. The third-order valence-corrected chi connectivity index (χ3v) is 5.46. The molecule has 2 aromatic carbocycles. The summed E-state index contributed by atoms with van der Waals surface area (Å²) in [6.45, 7) is 0. The van der Waals surface area contributed by atoms with Crippen LogP contribution in [0.25, 0.3) is 33.2 Å². The van der Waals surface area contributed by atoms with E-state index in [9.17, 15) is 9.18 Å². The summed E-state index contributed by atoms with van der Waals surface area (Å²) >= 11 is 1.46. The summed E-state index contributed by atoms with van der Waals surface area (Å²) in [6.07, 6.45) is 6.79. The van der Waals surface area contributed by atoms with Gasteiger partial charge in [0, 0.05) is 40.4 Å². The van der Waals surface area contributed by atoms with Crippen molar-refractivity contribution in [1.82, 2.24) is 14.4 Å². The first-order valence-electron chi connectivity index (χ1n) is 9.23. The zero-order chi connectivity index (χ0) is 20.5. The van der Waals surface area contributed by atoms with Gasteiger partial charge in [-0.05, 0) is 36.4 Å². The summed E-state index contributed by atoms with van der Waals surface area (Å²) in [4.78, 5) is 22.4. The van der Waals surface area contributed by atoms with Gasteiger partial charge < -0.3 is 5.32 Å². The van der Waals surface area contributed by atoms with Crippen LogP contribution in [0.4, 0.5) is 10.2 Å². The lowest BCUT2D eigenvalue weighted by molar-refractivity contribution is -0.111. The maximum absolute atomic E-state index is 13.3. The molecule has 5 rings (SSSR count). The number of para-hydroxylation sites is 1. The number of benzene rings is 2. The predicted molar refractivity (Wildman–Crippen MR) is 118 cm³/mol. The molecule has 0 unspecified atom stereocenters. The Labute approximate surface area is 175 Å². The van der Waals surface area contributed by atoms with E-state index in [0.717, 1.165) is 27.0 Å². The molecule has 0 aliphatic carbocycles. The van der Waals surface area contributed by atoms with Crippen LogP contribution in [0.3, 0.4) is 0 Å². The van der Waals surface area contributed by atoms with Crippen LogP contribution >= 0.6 is 11.3 Å². The maximum Gasteiger partial charge on any atom is 0.249 e. The fourth-order valence-electron chi connectivity index (χ4n) is 3.30. The van der Waals surface area contributed by atoms with Crippen molar-refractivity contribution in [2.75, 3.05) is 5.32 Å². The number of aromatic nitrogens is 3. The number of hydrogen-bond acceptors (Lipinski definition) is 4. The standard InChI is InChI=1S/C23H15FN4OS/c24-18-9-6-17(7-10-18)21-22(28-13-14-30-23(28)27-21)26-19(29)11-8-16-4-1-3-15-5-2-12-25-20(15)16/h1-14H,(H,26,29)/b11-8+. The molecular formula is C23H15FN4OS. The first-order chi connectivity index (χ1) is 14.7. The molecule has 0 saturated heterocycles. The smallest absolute Gasteiger partial charge is 0.249 e. The largest absolute Gasteiger partial charge is 0.306 e. The third kappa shape index (κ3) is 3.35. The molecule has 0 aliphatic heterocycles. The zero-order valence-electron chi connectivity index (χ0n) is 15.6. The van der Waals surface area contributed by atoms with Crippen LogP contribution in [0, 0.1) is 5.82 Å². The minimum Gasteiger partial charge on any atom is -0.306 e. The Morgan fingerprint density at radius 2 is 1.93 bits per heavy atom. The Morgan fingerprint density at radius 1 is 1.10 bits per heavy atom. The van der Waals surface area contributed by atoms with Crippen molar-refractivity contribution >= 4 is 45.0 Å². The molecule has 0 radical (unpaired) electrons. The maximum atomic E-state index is 13.3. The highest BCUT2D eigenvalue weighted by atomic mass is 32.1. The number of nitrogens with one attached hydrogen (secondary N) is 1. The van der Waals surface area contributed by atoms with Gasteiger partial charge in [-0.1, -0.05) is 24.3 Å². The molecule has 0 bridgehead atoms. The van der Waals surface area contributed by atoms with Crippen LogP contribution in [0.1, 0.15) is 5.56 Å². The van der Waals surface area contributed by atoms with Gasteiger partial charge in [-0.25, -0.2) is 9.37 Å². The van der Waals surface area contributed by atoms with Crippen molar-refractivity contribution in [3.8, 4) is 11.3 Å². The molecule has 0 aliphatic rings. The van der Waals surface area contributed by atoms with Crippen LogP contribution in [-0.4, -0.2) is 20.3 Å². The Balaban J connectivity index is 1.47. The number of amides is 1. The van der Waals surface area contributed by atoms with E-state index in [1.54, 1.807) is 24.4 Å². The van der Waals surface area contributed by atoms with Gasteiger partial charge in [0.2, 0.25) is 5.91 Å². The first kappa shape index (κ1) is 18.2. The Morgan fingerprint density at radius 3 is 2.80 bits per heavy atom. The van der Waals surface area contributed by atoms with Crippen molar-refractivity contribution < 1.29 is 9.18 Å². The van der Waals surface area contributed by atoms with Crippen molar-refractivity contribution in [3.63, 3.8) is 0 Å². The predicted octanol–water partition coefficient (Wildman–Crippen LogP) is 5.40. The van der Waals surface area contributed by atoms with E-state index < -0.39 is 0 Å². The Bertz CT molecular complexity index is 1400. The molecule has 146 valence electrons. The highest BCUT2D eigenvalue weighted by molar-refractivity contribution is 7.15.